The first-order chi connectivity index (χ1) is 13.4. The molecule has 0 spiro atoms. The lowest BCUT2D eigenvalue weighted by Gasteiger charge is -2.18. The van der Waals surface area contributed by atoms with Crippen molar-refractivity contribution in [2.45, 2.75) is 26.8 Å². The molecule has 8 heteroatoms. The summed E-state index contributed by atoms with van der Waals surface area (Å²) in [7, 11) is 1.65. The van der Waals surface area contributed by atoms with Gasteiger partial charge in [-0.2, -0.15) is 0 Å². The minimum absolute atomic E-state index is 0.142. The minimum atomic E-state index is -0.527. The van der Waals surface area contributed by atoms with Crippen molar-refractivity contribution in [2.24, 2.45) is 0 Å². The van der Waals surface area contributed by atoms with Gasteiger partial charge >= 0.3 is 0 Å². The molecule has 0 saturated carbocycles. The van der Waals surface area contributed by atoms with Gasteiger partial charge in [-0.25, -0.2) is 0 Å². The van der Waals surface area contributed by atoms with Gasteiger partial charge in [0.15, 0.2) is 11.5 Å². The van der Waals surface area contributed by atoms with Crippen molar-refractivity contribution < 1.29 is 19.2 Å². The number of carbonyl (C=O) groups excluding carboxylic acids is 1. The fourth-order valence-electron chi connectivity index (χ4n) is 2.75. The molecule has 8 nitrogen and oxygen atoms in total. The number of ether oxygens (including phenoxy) is 2. The molecular formula is C20H25N3O5. The van der Waals surface area contributed by atoms with E-state index in [0.29, 0.717) is 30.4 Å². The summed E-state index contributed by atoms with van der Waals surface area (Å²) < 4.78 is 11.2. The van der Waals surface area contributed by atoms with E-state index in [-0.39, 0.29) is 17.3 Å². The maximum Gasteiger partial charge on any atom is 0.270 e. The zero-order chi connectivity index (χ0) is 20.7. The second-order valence-corrected chi connectivity index (χ2v) is 6.00. The molecule has 1 atom stereocenters. The summed E-state index contributed by atoms with van der Waals surface area (Å²) in [6, 6.07) is 9.27. The van der Waals surface area contributed by atoms with Crippen LogP contribution in [0.5, 0.6) is 11.5 Å². The number of rotatable bonds is 9. The number of anilines is 1. The molecule has 0 fully saturated rings. The second kappa shape index (κ2) is 9.59. The van der Waals surface area contributed by atoms with Crippen LogP contribution in [0.1, 0.15) is 42.7 Å². The van der Waals surface area contributed by atoms with Crippen molar-refractivity contribution in [1.29, 1.82) is 0 Å². The molecule has 0 aliphatic heterocycles. The average molecular weight is 387 g/mol. The Morgan fingerprint density at radius 2 is 1.79 bits per heavy atom. The summed E-state index contributed by atoms with van der Waals surface area (Å²) in [6.45, 7) is 6.62. The van der Waals surface area contributed by atoms with Crippen molar-refractivity contribution in [3.05, 3.63) is 57.6 Å². The van der Waals surface area contributed by atoms with Crippen LogP contribution in [0.2, 0.25) is 0 Å². The third kappa shape index (κ3) is 4.91. The summed E-state index contributed by atoms with van der Waals surface area (Å²) in [5.74, 6) is 0.837. The molecule has 0 aliphatic carbocycles. The van der Waals surface area contributed by atoms with Crippen molar-refractivity contribution in [2.75, 3.05) is 25.6 Å². The van der Waals surface area contributed by atoms with Gasteiger partial charge < -0.3 is 20.1 Å². The molecule has 150 valence electrons. The molecule has 0 aliphatic rings. The number of nitro benzene ring substituents is 1. The molecule has 0 saturated heterocycles. The fraction of sp³-hybridized carbons (Fsp3) is 0.350. The van der Waals surface area contributed by atoms with Gasteiger partial charge in [-0.15, -0.1) is 0 Å². The predicted molar refractivity (Wildman–Crippen MR) is 107 cm³/mol. The molecule has 1 amide bonds. The van der Waals surface area contributed by atoms with Crippen LogP contribution in [0.3, 0.4) is 0 Å². The van der Waals surface area contributed by atoms with Crippen LogP contribution in [-0.2, 0) is 0 Å². The Labute approximate surface area is 164 Å². The molecule has 0 aromatic heterocycles. The van der Waals surface area contributed by atoms with E-state index >= 15 is 0 Å². The summed E-state index contributed by atoms with van der Waals surface area (Å²) in [4.78, 5) is 23.2. The van der Waals surface area contributed by atoms with E-state index in [2.05, 4.69) is 10.6 Å². The summed E-state index contributed by atoms with van der Waals surface area (Å²) in [6.07, 6.45) is 0. The lowest BCUT2D eigenvalue weighted by Crippen LogP contribution is -2.27. The summed E-state index contributed by atoms with van der Waals surface area (Å²) in [5, 5.41) is 16.8. The van der Waals surface area contributed by atoms with Crippen LogP contribution < -0.4 is 20.1 Å². The van der Waals surface area contributed by atoms with E-state index in [1.54, 1.807) is 13.1 Å². The second-order valence-electron chi connectivity index (χ2n) is 6.00. The lowest BCUT2D eigenvalue weighted by molar-refractivity contribution is -0.384. The maximum atomic E-state index is 12.7. The molecule has 2 aromatic carbocycles. The normalized spacial score (nSPS) is 11.4. The first-order valence-electron chi connectivity index (χ1n) is 9.07. The molecule has 2 aromatic rings. The molecule has 0 radical (unpaired) electrons. The van der Waals surface area contributed by atoms with Gasteiger partial charge in [0.05, 0.1) is 29.7 Å². The van der Waals surface area contributed by atoms with Crippen molar-refractivity contribution >= 4 is 17.3 Å². The smallest absolute Gasteiger partial charge is 0.270 e. The topological polar surface area (TPSA) is 103 Å². The van der Waals surface area contributed by atoms with E-state index in [1.165, 1.54) is 18.2 Å². The van der Waals surface area contributed by atoms with Crippen LogP contribution in [0.4, 0.5) is 11.4 Å². The number of nitrogens with zero attached hydrogens (tertiary/aromatic N) is 1. The number of carbonyl (C=O) groups is 1. The van der Waals surface area contributed by atoms with Crippen molar-refractivity contribution in [1.82, 2.24) is 5.32 Å². The van der Waals surface area contributed by atoms with Crippen LogP contribution in [0, 0.1) is 10.1 Å². The van der Waals surface area contributed by atoms with Crippen molar-refractivity contribution in [3.63, 3.8) is 0 Å². The molecule has 2 N–H and O–H groups in total. The van der Waals surface area contributed by atoms with Crippen LogP contribution >= 0.6 is 0 Å². The van der Waals surface area contributed by atoms with Gasteiger partial charge in [0.2, 0.25) is 0 Å². The third-order valence-corrected chi connectivity index (χ3v) is 4.14. The van der Waals surface area contributed by atoms with Crippen LogP contribution in [-0.4, -0.2) is 31.1 Å². The highest BCUT2D eigenvalue weighted by Gasteiger charge is 2.19. The zero-order valence-corrected chi connectivity index (χ0v) is 16.4. The Bertz CT molecular complexity index is 854. The predicted octanol–water partition coefficient (Wildman–Crippen LogP) is 3.92. The first-order valence-corrected chi connectivity index (χ1v) is 9.07. The highest BCUT2D eigenvalue weighted by molar-refractivity contribution is 6.00. The fourth-order valence-corrected chi connectivity index (χ4v) is 2.75. The number of hydrogen-bond acceptors (Lipinski definition) is 6. The first kappa shape index (κ1) is 21.0. The van der Waals surface area contributed by atoms with Gasteiger partial charge in [0.1, 0.15) is 0 Å². The quantitative estimate of drug-likeness (QED) is 0.499. The summed E-state index contributed by atoms with van der Waals surface area (Å²) in [5.41, 5.74) is 1.41. The Kier molecular flexibility index (Phi) is 7.20. The van der Waals surface area contributed by atoms with E-state index in [1.807, 2.05) is 32.9 Å². The van der Waals surface area contributed by atoms with Crippen LogP contribution in [0.25, 0.3) is 0 Å². The molecule has 0 heterocycles. The molecule has 28 heavy (non-hydrogen) atoms. The largest absolute Gasteiger partial charge is 0.490 e. The number of benzene rings is 2. The molecule has 2 rings (SSSR count). The Morgan fingerprint density at radius 1 is 1.11 bits per heavy atom. The van der Waals surface area contributed by atoms with Crippen molar-refractivity contribution in [3.8, 4) is 11.5 Å². The highest BCUT2D eigenvalue weighted by Crippen LogP contribution is 2.31. The SMILES string of the molecule is CCOc1ccc(C(C)NC(=O)c2cc([N+](=O)[O-])ccc2NC)cc1OCC. The van der Waals surface area contributed by atoms with Gasteiger partial charge in [-0.3, -0.25) is 14.9 Å². The van der Waals surface area contributed by atoms with E-state index in [0.717, 1.165) is 5.56 Å². The molecule has 0 bridgehead atoms. The highest BCUT2D eigenvalue weighted by atomic mass is 16.6. The average Bonchev–Trinajstić information content (AvgIpc) is 2.68. The standard InChI is InChI=1S/C20H25N3O5/c1-5-27-18-10-7-14(11-19(18)28-6-2)13(3)22-20(24)16-12-15(23(25)26)8-9-17(16)21-4/h7-13,21H,5-6H2,1-4H3,(H,22,24). The Balaban J connectivity index is 2.26. The number of non-ortho nitro benzene ring substituents is 1. The Morgan fingerprint density at radius 3 is 2.39 bits per heavy atom. The monoisotopic (exact) mass is 387 g/mol. The minimum Gasteiger partial charge on any atom is -0.490 e. The van der Waals surface area contributed by atoms with Gasteiger partial charge in [0, 0.05) is 24.9 Å². The van der Waals surface area contributed by atoms with E-state index in [9.17, 15) is 14.9 Å². The molecular weight excluding hydrogens is 362 g/mol. The third-order valence-electron chi connectivity index (χ3n) is 4.14. The van der Waals surface area contributed by atoms with Gasteiger partial charge in [-0.1, -0.05) is 6.07 Å². The van der Waals surface area contributed by atoms with E-state index in [4.69, 9.17) is 9.47 Å². The maximum absolute atomic E-state index is 12.7. The van der Waals surface area contributed by atoms with Gasteiger partial charge in [-0.05, 0) is 44.5 Å². The number of nitro groups is 1. The number of amides is 1. The van der Waals surface area contributed by atoms with Gasteiger partial charge in [0.25, 0.3) is 11.6 Å². The number of nitrogens with one attached hydrogen (secondary N) is 2. The zero-order valence-electron chi connectivity index (χ0n) is 16.4. The van der Waals surface area contributed by atoms with Crippen LogP contribution in [0.15, 0.2) is 36.4 Å². The number of hydrogen-bond donors (Lipinski definition) is 2. The lowest BCUT2D eigenvalue weighted by atomic mass is 10.1. The van der Waals surface area contributed by atoms with E-state index < -0.39 is 10.8 Å². The summed E-state index contributed by atoms with van der Waals surface area (Å²) >= 11 is 0. The molecule has 1 unspecified atom stereocenters. The Hall–Kier alpha value is -3.29.